The molecule has 0 fully saturated rings. The molecule has 2 aromatic rings. The number of rotatable bonds is 4. The molecule has 0 saturated heterocycles. The third kappa shape index (κ3) is 2.88. The number of hydrogen-bond acceptors (Lipinski definition) is 5. The molecular formula is C13H15N3O3S. The van der Waals surface area contributed by atoms with Crippen molar-refractivity contribution in [2.24, 2.45) is 7.05 Å². The van der Waals surface area contributed by atoms with Crippen molar-refractivity contribution in [1.29, 1.82) is 0 Å². The van der Waals surface area contributed by atoms with Gasteiger partial charge in [-0.1, -0.05) is 0 Å². The van der Waals surface area contributed by atoms with Crippen molar-refractivity contribution >= 4 is 28.2 Å². The summed E-state index contributed by atoms with van der Waals surface area (Å²) in [5.41, 5.74) is 0.802. The van der Waals surface area contributed by atoms with Crippen LogP contribution in [-0.4, -0.2) is 28.0 Å². The number of esters is 1. The molecule has 7 heteroatoms. The summed E-state index contributed by atoms with van der Waals surface area (Å²) in [5, 5.41) is 3.22. The Labute approximate surface area is 120 Å². The van der Waals surface area contributed by atoms with Crippen LogP contribution in [-0.2, 0) is 11.8 Å². The number of nitrogens with zero attached hydrogens (tertiary/aromatic N) is 2. The van der Waals surface area contributed by atoms with Crippen molar-refractivity contribution in [2.75, 3.05) is 11.9 Å². The molecule has 0 aliphatic carbocycles. The first-order valence-electron chi connectivity index (χ1n) is 6.08. The van der Waals surface area contributed by atoms with E-state index in [1.165, 1.54) is 17.5 Å². The number of thiophene rings is 1. The lowest BCUT2D eigenvalue weighted by molar-refractivity contribution is 0.0528. The lowest BCUT2D eigenvalue weighted by atomic mass is 10.3. The fourth-order valence-electron chi connectivity index (χ4n) is 1.71. The Morgan fingerprint density at radius 3 is 2.85 bits per heavy atom. The van der Waals surface area contributed by atoms with Gasteiger partial charge in [0.1, 0.15) is 10.7 Å². The highest BCUT2D eigenvalue weighted by atomic mass is 32.1. The lowest BCUT2D eigenvalue weighted by Crippen LogP contribution is -2.16. The van der Waals surface area contributed by atoms with Crippen molar-refractivity contribution in [3.05, 3.63) is 34.7 Å². The molecule has 0 aromatic carbocycles. The van der Waals surface area contributed by atoms with Gasteiger partial charge in [0.05, 0.1) is 24.7 Å². The van der Waals surface area contributed by atoms with Crippen LogP contribution in [0.25, 0.3) is 0 Å². The first kappa shape index (κ1) is 14.3. The minimum absolute atomic E-state index is 0.294. The average molecular weight is 293 g/mol. The summed E-state index contributed by atoms with van der Waals surface area (Å²) in [6, 6.07) is 1.71. The van der Waals surface area contributed by atoms with Crippen LogP contribution in [0.5, 0.6) is 0 Å². The second-order valence-corrected chi connectivity index (χ2v) is 5.42. The number of carbonyl (C=O) groups excluding carboxylic acids is 2. The number of imidazole rings is 1. The molecule has 0 atom stereocenters. The third-order valence-corrected chi connectivity index (χ3v) is 3.59. The van der Waals surface area contributed by atoms with Crippen LogP contribution in [0.1, 0.15) is 32.6 Å². The molecule has 0 aliphatic heterocycles. The van der Waals surface area contributed by atoms with Crippen LogP contribution in [0, 0.1) is 6.92 Å². The van der Waals surface area contributed by atoms with Gasteiger partial charge in [0.25, 0.3) is 5.91 Å². The topological polar surface area (TPSA) is 73.2 Å². The van der Waals surface area contributed by atoms with Crippen LogP contribution in [0.4, 0.5) is 5.00 Å². The van der Waals surface area contributed by atoms with Gasteiger partial charge in [0, 0.05) is 11.9 Å². The second kappa shape index (κ2) is 5.87. The quantitative estimate of drug-likeness (QED) is 0.877. The van der Waals surface area contributed by atoms with E-state index in [4.69, 9.17) is 4.74 Å². The van der Waals surface area contributed by atoms with E-state index < -0.39 is 5.97 Å². The van der Waals surface area contributed by atoms with Gasteiger partial charge in [-0.2, -0.15) is 0 Å². The Balaban J connectivity index is 2.23. The highest BCUT2D eigenvalue weighted by molar-refractivity contribution is 7.16. The number of carbonyl (C=O) groups is 2. The molecule has 1 amide bonds. The Hall–Kier alpha value is -2.15. The van der Waals surface area contributed by atoms with Crippen LogP contribution < -0.4 is 5.32 Å². The summed E-state index contributed by atoms with van der Waals surface area (Å²) in [6.07, 6.45) is 3.01. The number of anilines is 1. The molecule has 0 aliphatic rings. The van der Waals surface area contributed by atoms with Gasteiger partial charge in [0.2, 0.25) is 0 Å². The molecule has 0 radical (unpaired) electrons. The third-order valence-electron chi connectivity index (χ3n) is 2.63. The number of amides is 1. The molecule has 2 rings (SSSR count). The first-order valence-corrected chi connectivity index (χ1v) is 6.89. The highest BCUT2D eigenvalue weighted by Crippen LogP contribution is 2.28. The molecule has 2 aromatic heterocycles. The maximum atomic E-state index is 12.1. The Bertz CT molecular complexity index is 645. The molecule has 0 unspecified atom stereocenters. The predicted molar refractivity (Wildman–Crippen MR) is 76.2 cm³/mol. The van der Waals surface area contributed by atoms with E-state index >= 15 is 0 Å². The van der Waals surface area contributed by atoms with Gasteiger partial charge < -0.3 is 14.6 Å². The fraction of sp³-hybridized carbons (Fsp3) is 0.308. The van der Waals surface area contributed by atoms with Crippen molar-refractivity contribution in [2.45, 2.75) is 13.8 Å². The normalized spacial score (nSPS) is 10.3. The predicted octanol–water partition coefficient (Wildman–Crippen LogP) is 2.22. The van der Waals surface area contributed by atoms with Gasteiger partial charge in [-0.05, 0) is 19.9 Å². The van der Waals surface area contributed by atoms with Crippen molar-refractivity contribution in [1.82, 2.24) is 9.55 Å². The Morgan fingerprint density at radius 1 is 1.50 bits per heavy atom. The van der Waals surface area contributed by atoms with Crippen LogP contribution in [0.3, 0.4) is 0 Å². The van der Waals surface area contributed by atoms with Gasteiger partial charge in [-0.25, -0.2) is 9.78 Å². The van der Waals surface area contributed by atoms with E-state index in [-0.39, 0.29) is 5.91 Å². The van der Waals surface area contributed by atoms with Crippen LogP contribution in [0.15, 0.2) is 18.6 Å². The maximum absolute atomic E-state index is 12.1. The van der Waals surface area contributed by atoms with Gasteiger partial charge >= 0.3 is 5.97 Å². The Kier molecular flexibility index (Phi) is 4.19. The van der Waals surface area contributed by atoms with E-state index in [2.05, 4.69) is 10.3 Å². The van der Waals surface area contributed by atoms with E-state index in [9.17, 15) is 9.59 Å². The monoisotopic (exact) mass is 293 g/mol. The highest BCUT2D eigenvalue weighted by Gasteiger charge is 2.19. The van der Waals surface area contributed by atoms with Gasteiger partial charge in [-0.3, -0.25) is 4.79 Å². The summed E-state index contributed by atoms with van der Waals surface area (Å²) < 4.78 is 6.59. The minimum atomic E-state index is -0.433. The first-order chi connectivity index (χ1) is 9.52. The molecule has 0 saturated carbocycles. The van der Waals surface area contributed by atoms with Gasteiger partial charge in [0.15, 0.2) is 0 Å². The SMILES string of the molecule is CCOC(=O)c1cc(C)sc1NC(=O)c1cncn1C. The zero-order valence-electron chi connectivity index (χ0n) is 11.5. The number of nitrogens with one attached hydrogen (secondary N) is 1. The molecule has 0 spiro atoms. The molecule has 2 heterocycles. The van der Waals surface area contributed by atoms with Crippen LogP contribution >= 0.6 is 11.3 Å². The number of hydrogen-bond donors (Lipinski definition) is 1. The summed E-state index contributed by atoms with van der Waals surface area (Å²) >= 11 is 1.34. The van der Waals surface area contributed by atoms with Crippen molar-refractivity contribution in [3.63, 3.8) is 0 Å². The molecule has 1 N–H and O–H groups in total. The second-order valence-electron chi connectivity index (χ2n) is 4.16. The Morgan fingerprint density at radius 2 is 2.25 bits per heavy atom. The molecule has 20 heavy (non-hydrogen) atoms. The van der Waals surface area contributed by atoms with Crippen molar-refractivity contribution < 1.29 is 14.3 Å². The number of aryl methyl sites for hydroxylation is 2. The summed E-state index contributed by atoms with van der Waals surface area (Å²) in [7, 11) is 1.73. The fourth-order valence-corrected chi connectivity index (χ4v) is 2.61. The molecule has 6 nitrogen and oxygen atoms in total. The molecule has 106 valence electrons. The zero-order chi connectivity index (χ0) is 14.7. The molecule has 0 bridgehead atoms. The van der Waals surface area contributed by atoms with Crippen LogP contribution in [0.2, 0.25) is 0 Å². The minimum Gasteiger partial charge on any atom is -0.462 e. The van der Waals surface area contributed by atoms with E-state index in [0.717, 1.165) is 4.88 Å². The zero-order valence-corrected chi connectivity index (χ0v) is 12.3. The maximum Gasteiger partial charge on any atom is 0.341 e. The summed E-state index contributed by atoms with van der Waals surface area (Å²) in [5.74, 6) is -0.741. The largest absolute Gasteiger partial charge is 0.462 e. The smallest absolute Gasteiger partial charge is 0.341 e. The van der Waals surface area contributed by atoms with Gasteiger partial charge in [-0.15, -0.1) is 11.3 Å². The summed E-state index contributed by atoms with van der Waals surface area (Å²) in [4.78, 5) is 28.8. The molecular weight excluding hydrogens is 278 g/mol. The van der Waals surface area contributed by atoms with E-state index in [0.29, 0.717) is 22.9 Å². The summed E-state index contributed by atoms with van der Waals surface area (Å²) in [6.45, 7) is 3.90. The number of ether oxygens (including phenoxy) is 1. The lowest BCUT2D eigenvalue weighted by Gasteiger charge is -2.06. The average Bonchev–Trinajstić information content (AvgIpc) is 2.96. The van der Waals surface area contributed by atoms with Crippen molar-refractivity contribution in [3.8, 4) is 0 Å². The van der Waals surface area contributed by atoms with E-state index in [1.807, 2.05) is 6.92 Å². The van der Waals surface area contributed by atoms with E-state index in [1.54, 1.807) is 30.9 Å². The standard InChI is InChI=1S/C13H15N3O3S/c1-4-19-13(18)9-5-8(2)20-12(9)15-11(17)10-6-14-7-16(10)3/h5-7H,4H2,1-3H3,(H,15,17). The number of aromatic nitrogens is 2.